The van der Waals surface area contributed by atoms with Crippen LogP contribution in [0.4, 0.5) is 18.0 Å². The Morgan fingerprint density at radius 2 is 1.61 bits per heavy atom. The molecule has 0 aliphatic carbocycles. The second kappa shape index (κ2) is 11.0. The largest absolute Gasteiger partial charge is 0.444 e. The number of ether oxygens (including phenoxy) is 2. The van der Waals surface area contributed by atoms with Crippen LogP contribution in [0.1, 0.15) is 42.4 Å². The summed E-state index contributed by atoms with van der Waals surface area (Å²) in [7, 11) is 0. The van der Waals surface area contributed by atoms with Crippen LogP contribution < -0.4 is 20.4 Å². The highest BCUT2D eigenvalue weighted by Gasteiger charge is 2.33. The number of alkyl halides is 3. The number of carbonyl (C=O) groups is 2. The number of pyridine rings is 1. The second-order valence-electron chi connectivity index (χ2n) is 8.53. The monoisotopic (exact) mass is 503 g/mol. The van der Waals surface area contributed by atoms with Gasteiger partial charge in [0.05, 0.1) is 0 Å². The molecule has 1 aromatic heterocycles. The molecule has 0 atom stereocenters. The molecule has 0 bridgehead atoms. The summed E-state index contributed by atoms with van der Waals surface area (Å²) in [5.74, 6) is -0.480. The number of halogens is 3. The SMILES string of the molecule is CC(C)(C)OC(=O)NCc1cc(Oc2cccc(C(=O)NOc3ccccc3)c2)nc(C(F)(F)F)c1. The molecule has 0 saturated heterocycles. The Labute approximate surface area is 205 Å². The molecule has 0 fully saturated rings. The van der Waals surface area contributed by atoms with Crippen molar-refractivity contribution in [2.45, 2.75) is 39.1 Å². The van der Waals surface area contributed by atoms with E-state index in [1.165, 1.54) is 30.3 Å². The normalized spacial score (nSPS) is 11.4. The molecule has 2 aromatic carbocycles. The van der Waals surface area contributed by atoms with Gasteiger partial charge in [0.25, 0.3) is 5.91 Å². The minimum absolute atomic E-state index is 0.0697. The smallest absolute Gasteiger partial charge is 0.433 e. The molecule has 36 heavy (non-hydrogen) atoms. The number of amides is 2. The topological polar surface area (TPSA) is 98.8 Å². The second-order valence-corrected chi connectivity index (χ2v) is 8.53. The van der Waals surface area contributed by atoms with E-state index in [-0.39, 0.29) is 29.3 Å². The highest BCUT2D eigenvalue weighted by Crippen LogP contribution is 2.31. The predicted octanol–water partition coefficient (Wildman–Crippen LogP) is 5.64. The Hall–Kier alpha value is -4.28. The fraction of sp³-hybridized carbons (Fsp3) is 0.240. The van der Waals surface area contributed by atoms with E-state index < -0.39 is 29.5 Å². The van der Waals surface area contributed by atoms with Crippen LogP contribution in [0.2, 0.25) is 0 Å². The number of hydroxylamine groups is 1. The number of carbonyl (C=O) groups excluding carboxylic acids is 2. The summed E-state index contributed by atoms with van der Waals surface area (Å²) in [6.07, 6.45) is -5.54. The van der Waals surface area contributed by atoms with Gasteiger partial charge in [0.15, 0.2) is 5.75 Å². The van der Waals surface area contributed by atoms with Crippen LogP contribution in [-0.4, -0.2) is 22.6 Å². The first-order valence-corrected chi connectivity index (χ1v) is 10.7. The summed E-state index contributed by atoms with van der Waals surface area (Å²) in [4.78, 5) is 33.0. The van der Waals surface area contributed by atoms with E-state index in [2.05, 4.69) is 15.8 Å². The number of aromatic nitrogens is 1. The van der Waals surface area contributed by atoms with Gasteiger partial charge in [-0.15, -0.1) is 0 Å². The maximum Gasteiger partial charge on any atom is 0.433 e. The lowest BCUT2D eigenvalue weighted by Gasteiger charge is -2.20. The molecule has 3 aromatic rings. The Morgan fingerprint density at radius 3 is 2.28 bits per heavy atom. The van der Waals surface area contributed by atoms with Crippen molar-refractivity contribution in [3.63, 3.8) is 0 Å². The first kappa shape index (κ1) is 26.3. The van der Waals surface area contributed by atoms with Gasteiger partial charge in [-0.2, -0.15) is 18.7 Å². The van der Waals surface area contributed by atoms with Crippen molar-refractivity contribution in [2.75, 3.05) is 0 Å². The Balaban J connectivity index is 1.74. The lowest BCUT2D eigenvalue weighted by molar-refractivity contribution is -0.141. The number of hydrogen-bond acceptors (Lipinski definition) is 6. The van der Waals surface area contributed by atoms with Crippen molar-refractivity contribution in [3.05, 3.63) is 83.6 Å². The van der Waals surface area contributed by atoms with Crippen LogP contribution in [0, 0.1) is 0 Å². The molecule has 0 aliphatic rings. The van der Waals surface area contributed by atoms with Crippen LogP contribution in [0.5, 0.6) is 17.4 Å². The Kier molecular flexibility index (Phi) is 8.03. The van der Waals surface area contributed by atoms with E-state index in [4.69, 9.17) is 14.3 Å². The zero-order valence-corrected chi connectivity index (χ0v) is 19.7. The molecule has 2 N–H and O–H groups in total. The van der Waals surface area contributed by atoms with E-state index in [1.54, 1.807) is 51.1 Å². The quantitative estimate of drug-likeness (QED) is 0.405. The molecule has 0 aliphatic heterocycles. The third-order valence-electron chi connectivity index (χ3n) is 4.31. The number of para-hydroxylation sites is 1. The number of nitrogens with one attached hydrogen (secondary N) is 2. The molecule has 0 saturated carbocycles. The molecule has 2 amide bonds. The molecule has 11 heteroatoms. The van der Waals surface area contributed by atoms with Crippen molar-refractivity contribution >= 4 is 12.0 Å². The van der Waals surface area contributed by atoms with Crippen LogP contribution in [0.15, 0.2) is 66.7 Å². The summed E-state index contributed by atoms with van der Waals surface area (Å²) in [6.45, 7) is 4.73. The number of alkyl carbamates (subject to hydrolysis) is 1. The van der Waals surface area contributed by atoms with Crippen molar-refractivity contribution in [3.8, 4) is 17.4 Å². The van der Waals surface area contributed by atoms with Crippen LogP contribution in [-0.2, 0) is 17.5 Å². The average molecular weight is 503 g/mol. The van der Waals surface area contributed by atoms with E-state index in [0.717, 1.165) is 6.07 Å². The Morgan fingerprint density at radius 1 is 0.917 bits per heavy atom. The molecule has 0 spiro atoms. The average Bonchev–Trinajstić information content (AvgIpc) is 2.80. The molecular formula is C25H24F3N3O5. The van der Waals surface area contributed by atoms with Gasteiger partial charge in [0.1, 0.15) is 17.0 Å². The van der Waals surface area contributed by atoms with Crippen LogP contribution >= 0.6 is 0 Å². The van der Waals surface area contributed by atoms with Crippen molar-refractivity contribution in [1.29, 1.82) is 0 Å². The molecule has 1 heterocycles. The number of nitrogens with zero attached hydrogens (tertiary/aromatic N) is 1. The molecule has 3 rings (SSSR count). The maximum atomic E-state index is 13.4. The first-order chi connectivity index (χ1) is 16.9. The van der Waals surface area contributed by atoms with Crippen molar-refractivity contribution < 1.29 is 37.1 Å². The maximum absolute atomic E-state index is 13.4. The van der Waals surface area contributed by atoms with Crippen LogP contribution in [0.25, 0.3) is 0 Å². The van der Waals surface area contributed by atoms with Gasteiger partial charge in [0.2, 0.25) is 5.88 Å². The standard InChI is InChI=1S/C25H24F3N3O5/c1-24(2,3)35-23(33)29-15-16-12-20(25(26,27)28)30-21(13-16)34-19-11-7-8-17(14-19)22(32)31-36-18-9-5-4-6-10-18/h4-14H,15H2,1-3H3,(H,29,33)(H,31,32). The summed E-state index contributed by atoms with van der Waals surface area (Å²) in [5, 5.41) is 2.40. The first-order valence-electron chi connectivity index (χ1n) is 10.7. The lowest BCUT2D eigenvalue weighted by atomic mass is 10.2. The third-order valence-corrected chi connectivity index (χ3v) is 4.31. The number of hydrogen-bond donors (Lipinski definition) is 2. The molecule has 190 valence electrons. The lowest BCUT2D eigenvalue weighted by Crippen LogP contribution is -2.32. The molecule has 0 radical (unpaired) electrons. The molecular weight excluding hydrogens is 479 g/mol. The minimum atomic E-state index is -4.75. The fourth-order valence-electron chi connectivity index (χ4n) is 2.82. The summed E-state index contributed by atoms with van der Waals surface area (Å²) in [5.41, 5.74) is 0.535. The zero-order valence-electron chi connectivity index (χ0n) is 19.7. The highest BCUT2D eigenvalue weighted by atomic mass is 19.4. The fourth-order valence-corrected chi connectivity index (χ4v) is 2.82. The van der Waals surface area contributed by atoms with E-state index in [0.29, 0.717) is 5.75 Å². The van der Waals surface area contributed by atoms with Gasteiger partial charge in [0, 0.05) is 18.2 Å². The number of rotatable bonds is 7. The number of benzene rings is 2. The van der Waals surface area contributed by atoms with Gasteiger partial charge in [-0.1, -0.05) is 24.3 Å². The molecule has 0 unspecified atom stereocenters. The van der Waals surface area contributed by atoms with Crippen LogP contribution in [0.3, 0.4) is 0 Å². The van der Waals surface area contributed by atoms with Gasteiger partial charge in [-0.25, -0.2) is 9.78 Å². The van der Waals surface area contributed by atoms with E-state index in [1.807, 2.05) is 0 Å². The van der Waals surface area contributed by atoms with Crippen molar-refractivity contribution in [2.24, 2.45) is 0 Å². The van der Waals surface area contributed by atoms with Crippen molar-refractivity contribution in [1.82, 2.24) is 15.8 Å². The van der Waals surface area contributed by atoms with E-state index in [9.17, 15) is 22.8 Å². The minimum Gasteiger partial charge on any atom is -0.444 e. The predicted molar refractivity (Wildman–Crippen MR) is 123 cm³/mol. The highest BCUT2D eigenvalue weighted by molar-refractivity contribution is 5.94. The van der Waals surface area contributed by atoms with E-state index >= 15 is 0 Å². The molecule has 8 nitrogen and oxygen atoms in total. The summed E-state index contributed by atoms with van der Waals surface area (Å²) in [6, 6.07) is 16.3. The van der Waals surface area contributed by atoms with Gasteiger partial charge < -0.3 is 19.6 Å². The third kappa shape index (κ3) is 8.19. The Bertz CT molecular complexity index is 1210. The van der Waals surface area contributed by atoms with Gasteiger partial charge in [-0.3, -0.25) is 4.79 Å². The van der Waals surface area contributed by atoms with Gasteiger partial charge in [-0.05, 0) is 62.7 Å². The summed E-state index contributed by atoms with van der Waals surface area (Å²) >= 11 is 0. The summed E-state index contributed by atoms with van der Waals surface area (Å²) < 4.78 is 50.8. The van der Waals surface area contributed by atoms with Gasteiger partial charge >= 0.3 is 12.3 Å². The zero-order chi connectivity index (χ0) is 26.3.